The molecule has 0 aliphatic carbocycles. The average molecular weight is 374 g/mol. The normalized spacial score (nSPS) is 25.9. The lowest BCUT2D eigenvalue weighted by atomic mass is 9.93. The Bertz CT molecular complexity index is 575. The second-order valence-corrected chi connectivity index (χ2v) is 8.59. The number of hydrogen-bond donors (Lipinski definition) is 0. The van der Waals surface area contributed by atoms with Crippen molar-refractivity contribution in [3.05, 3.63) is 18.7 Å². The van der Waals surface area contributed by atoms with E-state index in [0.717, 1.165) is 32.6 Å². The van der Waals surface area contributed by atoms with Crippen molar-refractivity contribution in [1.29, 1.82) is 0 Å². The Morgan fingerprint density at radius 3 is 2.52 bits per heavy atom. The molecule has 3 aliphatic rings. The zero-order valence-electron chi connectivity index (χ0n) is 16.6. The van der Waals surface area contributed by atoms with E-state index in [1.807, 2.05) is 18.7 Å². The quantitative estimate of drug-likeness (QED) is 0.766. The topological polar surface area (TPSA) is 44.6 Å². The standard InChI is InChI=1S/C21H35N5O/c27-21(25-11-1-2-12-25)19-5-3-13-26(17-19)20-6-14-23(15-7-20)9-4-10-24-16-8-22-18-24/h8,16,18-20H,1-7,9-15,17H2/t19-/m1/s1. The summed E-state index contributed by atoms with van der Waals surface area (Å²) in [6.45, 7) is 8.83. The van der Waals surface area contributed by atoms with Crippen LogP contribution in [0.25, 0.3) is 0 Å². The van der Waals surface area contributed by atoms with Crippen LogP contribution in [0.2, 0.25) is 0 Å². The number of carbonyl (C=O) groups excluding carboxylic acids is 1. The summed E-state index contributed by atoms with van der Waals surface area (Å²) in [6.07, 6.45) is 14.2. The smallest absolute Gasteiger partial charge is 0.226 e. The number of rotatable bonds is 6. The van der Waals surface area contributed by atoms with Crippen molar-refractivity contribution in [2.45, 2.75) is 57.5 Å². The Labute approximate surface area is 163 Å². The molecule has 3 aliphatic heterocycles. The molecule has 1 aromatic heterocycles. The van der Waals surface area contributed by atoms with Crippen molar-refractivity contribution in [3.8, 4) is 0 Å². The Morgan fingerprint density at radius 1 is 0.963 bits per heavy atom. The van der Waals surface area contributed by atoms with Crippen LogP contribution < -0.4 is 0 Å². The third kappa shape index (κ3) is 4.91. The van der Waals surface area contributed by atoms with Crippen LogP contribution in [0.15, 0.2) is 18.7 Å². The number of likely N-dealkylation sites (tertiary alicyclic amines) is 3. The maximum atomic E-state index is 12.8. The Hall–Kier alpha value is -1.40. The van der Waals surface area contributed by atoms with Crippen molar-refractivity contribution < 1.29 is 4.79 Å². The molecule has 0 unspecified atom stereocenters. The summed E-state index contributed by atoms with van der Waals surface area (Å²) in [5.74, 6) is 0.694. The van der Waals surface area contributed by atoms with E-state index >= 15 is 0 Å². The highest BCUT2D eigenvalue weighted by Crippen LogP contribution is 2.26. The van der Waals surface area contributed by atoms with Gasteiger partial charge in [0.25, 0.3) is 0 Å². The number of amides is 1. The van der Waals surface area contributed by atoms with Crippen LogP contribution in [-0.2, 0) is 11.3 Å². The molecule has 6 nitrogen and oxygen atoms in total. The molecule has 0 aromatic carbocycles. The maximum absolute atomic E-state index is 12.8. The molecule has 3 saturated heterocycles. The number of piperidine rings is 2. The van der Waals surface area contributed by atoms with E-state index < -0.39 is 0 Å². The number of aromatic nitrogens is 2. The van der Waals surface area contributed by atoms with Crippen molar-refractivity contribution in [2.75, 3.05) is 45.8 Å². The lowest BCUT2D eigenvalue weighted by molar-refractivity contribution is -0.136. The van der Waals surface area contributed by atoms with Crippen LogP contribution in [0.3, 0.4) is 0 Å². The van der Waals surface area contributed by atoms with Crippen LogP contribution in [0.5, 0.6) is 0 Å². The molecule has 150 valence electrons. The van der Waals surface area contributed by atoms with Crippen LogP contribution >= 0.6 is 0 Å². The zero-order valence-corrected chi connectivity index (χ0v) is 16.6. The highest BCUT2D eigenvalue weighted by atomic mass is 16.2. The molecule has 1 atom stereocenters. The molecule has 1 aromatic rings. The largest absolute Gasteiger partial charge is 0.342 e. The average Bonchev–Trinajstić information content (AvgIpc) is 3.42. The van der Waals surface area contributed by atoms with Crippen LogP contribution in [-0.4, -0.2) is 82.0 Å². The Kier molecular flexibility index (Phi) is 6.45. The summed E-state index contributed by atoms with van der Waals surface area (Å²) in [5.41, 5.74) is 0. The van der Waals surface area contributed by atoms with Crippen molar-refractivity contribution in [3.63, 3.8) is 0 Å². The van der Waals surface area contributed by atoms with Gasteiger partial charge in [-0.3, -0.25) is 9.69 Å². The van der Waals surface area contributed by atoms with Crippen LogP contribution in [0.4, 0.5) is 0 Å². The Morgan fingerprint density at radius 2 is 1.78 bits per heavy atom. The first-order valence-electron chi connectivity index (χ1n) is 11.0. The molecule has 6 heteroatoms. The Balaban J connectivity index is 1.19. The fraction of sp³-hybridized carbons (Fsp3) is 0.810. The monoisotopic (exact) mass is 373 g/mol. The molecule has 4 heterocycles. The molecule has 27 heavy (non-hydrogen) atoms. The van der Waals surface area contributed by atoms with Gasteiger partial charge in [-0.2, -0.15) is 0 Å². The first-order valence-corrected chi connectivity index (χ1v) is 11.0. The molecule has 0 spiro atoms. The number of imidazole rings is 1. The molecule has 4 rings (SSSR count). The molecule has 0 N–H and O–H groups in total. The van der Waals surface area contributed by atoms with E-state index in [-0.39, 0.29) is 5.92 Å². The highest BCUT2D eigenvalue weighted by molar-refractivity contribution is 5.79. The number of nitrogens with zero attached hydrogens (tertiary/aromatic N) is 5. The van der Waals surface area contributed by atoms with Gasteiger partial charge < -0.3 is 14.4 Å². The van der Waals surface area contributed by atoms with Gasteiger partial charge in [0.2, 0.25) is 5.91 Å². The van der Waals surface area contributed by atoms with Gasteiger partial charge in [0.15, 0.2) is 0 Å². The van der Waals surface area contributed by atoms with E-state index in [9.17, 15) is 4.79 Å². The van der Waals surface area contributed by atoms with E-state index in [2.05, 4.69) is 24.3 Å². The second kappa shape index (κ2) is 9.20. The molecule has 0 saturated carbocycles. The predicted octanol–water partition coefficient (Wildman–Crippen LogP) is 2.07. The predicted molar refractivity (Wildman–Crippen MR) is 106 cm³/mol. The maximum Gasteiger partial charge on any atom is 0.226 e. The van der Waals surface area contributed by atoms with E-state index in [0.29, 0.717) is 11.9 Å². The SMILES string of the molecule is O=C([C@@H]1CCCN(C2CCN(CCCn3ccnc3)CC2)C1)N1CCCC1. The van der Waals surface area contributed by atoms with Gasteiger partial charge in [-0.1, -0.05) is 0 Å². The second-order valence-electron chi connectivity index (χ2n) is 8.59. The fourth-order valence-corrected chi connectivity index (χ4v) is 5.14. The van der Waals surface area contributed by atoms with E-state index in [1.54, 1.807) is 0 Å². The van der Waals surface area contributed by atoms with Gasteiger partial charge in [0.05, 0.1) is 12.2 Å². The van der Waals surface area contributed by atoms with Gasteiger partial charge in [0.1, 0.15) is 0 Å². The zero-order chi connectivity index (χ0) is 18.5. The molecular weight excluding hydrogens is 338 g/mol. The summed E-state index contributed by atoms with van der Waals surface area (Å²) < 4.78 is 2.16. The third-order valence-corrected chi connectivity index (χ3v) is 6.74. The van der Waals surface area contributed by atoms with Gasteiger partial charge in [-0.05, 0) is 71.1 Å². The van der Waals surface area contributed by atoms with Gasteiger partial charge in [0, 0.05) is 44.6 Å². The number of hydrogen-bond acceptors (Lipinski definition) is 4. The molecule has 0 radical (unpaired) electrons. The molecule has 0 bridgehead atoms. The minimum Gasteiger partial charge on any atom is -0.342 e. The summed E-state index contributed by atoms with van der Waals surface area (Å²) in [5, 5.41) is 0. The number of aryl methyl sites for hydroxylation is 1. The third-order valence-electron chi connectivity index (χ3n) is 6.74. The highest BCUT2D eigenvalue weighted by Gasteiger charge is 2.34. The lowest BCUT2D eigenvalue weighted by Gasteiger charge is -2.42. The summed E-state index contributed by atoms with van der Waals surface area (Å²) in [7, 11) is 0. The fourth-order valence-electron chi connectivity index (χ4n) is 5.14. The summed E-state index contributed by atoms with van der Waals surface area (Å²) >= 11 is 0. The van der Waals surface area contributed by atoms with Gasteiger partial charge in [-0.15, -0.1) is 0 Å². The first-order chi connectivity index (χ1) is 13.3. The first kappa shape index (κ1) is 18.9. The minimum absolute atomic E-state index is 0.255. The number of carbonyl (C=O) groups is 1. The molecule has 3 fully saturated rings. The van der Waals surface area contributed by atoms with Crippen molar-refractivity contribution in [2.24, 2.45) is 5.92 Å². The van der Waals surface area contributed by atoms with Gasteiger partial charge in [-0.25, -0.2) is 4.98 Å². The molecular formula is C21H35N5O. The van der Waals surface area contributed by atoms with E-state index in [1.165, 1.54) is 64.7 Å². The van der Waals surface area contributed by atoms with Crippen LogP contribution in [0, 0.1) is 5.92 Å². The minimum atomic E-state index is 0.255. The van der Waals surface area contributed by atoms with Crippen LogP contribution in [0.1, 0.15) is 44.9 Å². The summed E-state index contributed by atoms with van der Waals surface area (Å²) in [6, 6.07) is 0.684. The van der Waals surface area contributed by atoms with E-state index in [4.69, 9.17) is 0 Å². The van der Waals surface area contributed by atoms with Crippen molar-refractivity contribution in [1.82, 2.24) is 24.3 Å². The van der Waals surface area contributed by atoms with Crippen molar-refractivity contribution >= 4 is 5.91 Å². The lowest BCUT2D eigenvalue weighted by Crippen LogP contribution is -2.51. The molecule has 1 amide bonds. The summed E-state index contributed by atoms with van der Waals surface area (Å²) in [4.78, 5) is 24.3. The van der Waals surface area contributed by atoms with Gasteiger partial charge >= 0.3 is 0 Å².